The summed E-state index contributed by atoms with van der Waals surface area (Å²) in [6.45, 7) is 1.63. The standard InChI is InChI=1S/C20H20F2N4OS/c1-13-7-8-18(27-19(21)22)17(9-13)25-20(28)24-16-10-23-26(12-16)11-15-6-4-3-5-14(15)2/h3-10,12,19H,11H2,1-2H3,(H2,24,25,28). The summed E-state index contributed by atoms with van der Waals surface area (Å²) >= 11 is 5.29. The van der Waals surface area contributed by atoms with Gasteiger partial charge in [-0.25, -0.2) is 0 Å². The van der Waals surface area contributed by atoms with Gasteiger partial charge in [0.1, 0.15) is 5.75 Å². The Morgan fingerprint density at radius 2 is 1.96 bits per heavy atom. The number of thiocarbonyl (C=S) groups is 1. The zero-order valence-corrected chi connectivity index (χ0v) is 16.3. The third kappa shape index (κ3) is 5.26. The highest BCUT2D eigenvalue weighted by atomic mass is 32.1. The number of aromatic nitrogens is 2. The molecule has 0 saturated carbocycles. The summed E-state index contributed by atoms with van der Waals surface area (Å²) in [5.74, 6) is 0.0278. The molecule has 2 aromatic carbocycles. The van der Waals surface area contributed by atoms with Crippen molar-refractivity contribution in [2.24, 2.45) is 0 Å². The van der Waals surface area contributed by atoms with Crippen molar-refractivity contribution in [3.05, 3.63) is 71.5 Å². The largest absolute Gasteiger partial charge is 0.433 e. The van der Waals surface area contributed by atoms with Crippen LogP contribution in [0.1, 0.15) is 16.7 Å². The van der Waals surface area contributed by atoms with Gasteiger partial charge in [0.2, 0.25) is 0 Å². The number of benzene rings is 2. The first-order valence-corrected chi connectivity index (χ1v) is 9.02. The van der Waals surface area contributed by atoms with Gasteiger partial charge >= 0.3 is 6.61 Å². The highest BCUT2D eigenvalue weighted by Gasteiger charge is 2.11. The second-order valence-corrected chi connectivity index (χ2v) is 6.72. The van der Waals surface area contributed by atoms with E-state index in [1.165, 1.54) is 17.2 Å². The van der Waals surface area contributed by atoms with Gasteiger partial charge in [-0.15, -0.1) is 0 Å². The van der Waals surface area contributed by atoms with Crippen LogP contribution in [0.25, 0.3) is 0 Å². The van der Waals surface area contributed by atoms with E-state index in [2.05, 4.69) is 39.5 Å². The van der Waals surface area contributed by atoms with Crippen molar-refractivity contribution >= 4 is 28.7 Å². The zero-order valence-electron chi connectivity index (χ0n) is 15.4. The minimum absolute atomic E-state index is 0.0278. The number of nitrogens with one attached hydrogen (secondary N) is 2. The molecule has 0 spiro atoms. The Hall–Kier alpha value is -3.00. The van der Waals surface area contributed by atoms with E-state index < -0.39 is 6.61 Å². The van der Waals surface area contributed by atoms with Gasteiger partial charge in [0.05, 0.1) is 24.1 Å². The van der Waals surface area contributed by atoms with Crippen molar-refractivity contribution in [1.82, 2.24) is 9.78 Å². The first-order valence-electron chi connectivity index (χ1n) is 8.61. The van der Waals surface area contributed by atoms with E-state index >= 15 is 0 Å². The van der Waals surface area contributed by atoms with Crippen LogP contribution in [0.4, 0.5) is 20.2 Å². The van der Waals surface area contributed by atoms with Crippen molar-refractivity contribution in [3.63, 3.8) is 0 Å². The lowest BCUT2D eigenvalue weighted by Gasteiger charge is -2.14. The van der Waals surface area contributed by atoms with Crippen LogP contribution in [-0.4, -0.2) is 21.5 Å². The molecule has 146 valence electrons. The predicted octanol–water partition coefficient (Wildman–Crippen LogP) is 4.96. The van der Waals surface area contributed by atoms with Gasteiger partial charge in [0, 0.05) is 6.20 Å². The molecule has 0 amide bonds. The van der Waals surface area contributed by atoms with Crippen LogP contribution in [0.15, 0.2) is 54.9 Å². The third-order valence-corrected chi connectivity index (χ3v) is 4.29. The monoisotopic (exact) mass is 402 g/mol. The molecule has 0 bridgehead atoms. The summed E-state index contributed by atoms with van der Waals surface area (Å²) in [4.78, 5) is 0. The SMILES string of the molecule is Cc1ccc(OC(F)F)c(NC(=S)Nc2cnn(Cc3ccccc3C)c2)c1. The average molecular weight is 402 g/mol. The Morgan fingerprint density at radius 1 is 1.18 bits per heavy atom. The minimum Gasteiger partial charge on any atom is -0.433 e. The van der Waals surface area contributed by atoms with Gasteiger partial charge in [-0.3, -0.25) is 4.68 Å². The lowest BCUT2D eigenvalue weighted by atomic mass is 10.1. The highest BCUT2D eigenvalue weighted by Crippen LogP contribution is 2.27. The first-order chi connectivity index (χ1) is 13.4. The Morgan fingerprint density at radius 3 is 2.71 bits per heavy atom. The van der Waals surface area contributed by atoms with Crippen LogP contribution in [0.5, 0.6) is 5.75 Å². The molecule has 28 heavy (non-hydrogen) atoms. The molecule has 0 aliphatic heterocycles. The molecule has 3 rings (SSSR count). The van der Waals surface area contributed by atoms with Crippen molar-refractivity contribution in [3.8, 4) is 5.75 Å². The lowest BCUT2D eigenvalue weighted by molar-refractivity contribution is -0.0493. The predicted molar refractivity (Wildman–Crippen MR) is 110 cm³/mol. The normalized spacial score (nSPS) is 10.8. The number of rotatable bonds is 6. The summed E-state index contributed by atoms with van der Waals surface area (Å²) in [5.41, 5.74) is 4.31. The fourth-order valence-corrected chi connectivity index (χ4v) is 2.93. The molecule has 0 aliphatic carbocycles. The van der Waals surface area contributed by atoms with Crippen molar-refractivity contribution in [2.45, 2.75) is 27.0 Å². The van der Waals surface area contributed by atoms with Gasteiger partial charge < -0.3 is 15.4 Å². The topological polar surface area (TPSA) is 51.1 Å². The van der Waals surface area contributed by atoms with Gasteiger partial charge in [0.25, 0.3) is 0 Å². The van der Waals surface area contributed by atoms with Crippen LogP contribution >= 0.6 is 12.2 Å². The molecule has 2 N–H and O–H groups in total. The number of hydrogen-bond donors (Lipinski definition) is 2. The second-order valence-electron chi connectivity index (χ2n) is 6.31. The van der Waals surface area contributed by atoms with Crippen LogP contribution in [0.2, 0.25) is 0 Å². The average Bonchev–Trinajstić information content (AvgIpc) is 3.06. The number of alkyl halides is 2. The van der Waals surface area contributed by atoms with Crippen molar-refractivity contribution < 1.29 is 13.5 Å². The molecule has 0 unspecified atom stereocenters. The molecule has 0 radical (unpaired) electrons. The quantitative estimate of drug-likeness (QED) is 0.571. The maximum absolute atomic E-state index is 12.6. The number of nitrogens with zero attached hydrogens (tertiary/aromatic N) is 2. The zero-order chi connectivity index (χ0) is 20.1. The highest BCUT2D eigenvalue weighted by molar-refractivity contribution is 7.80. The number of ether oxygens (including phenoxy) is 1. The molecule has 0 saturated heterocycles. The van der Waals surface area contributed by atoms with Crippen LogP contribution in [0, 0.1) is 13.8 Å². The van der Waals surface area contributed by atoms with E-state index in [0.29, 0.717) is 17.9 Å². The fraction of sp³-hybridized carbons (Fsp3) is 0.200. The van der Waals surface area contributed by atoms with Gasteiger partial charge in [0.15, 0.2) is 5.11 Å². The molecule has 0 aliphatic rings. The van der Waals surface area contributed by atoms with Crippen LogP contribution in [0.3, 0.4) is 0 Å². The Labute approximate surface area is 167 Å². The first kappa shape index (κ1) is 19.8. The van der Waals surface area contributed by atoms with E-state index in [1.807, 2.05) is 25.3 Å². The van der Waals surface area contributed by atoms with E-state index in [1.54, 1.807) is 23.0 Å². The maximum atomic E-state index is 12.6. The Balaban J connectivity index is 1.65. The Bertz CT molecular complexity index is 974. The van der Waals surface area contributed by atoms with Gasteiger partial charge in [-0.2, -0.15) is 13.9 Å². The molecule has 5 nitrogen and oxygen atoms in total. The summed E-state index contributed by atoms with van der Waals surface area (Å²) in [7, 11) is 0. The van der Waals surface area contributed by atoms with E-state index in [9.17, 15) is 8.78 Å². The maximum Gasteiger partial charge on any atom is 0.387 e. The van der Waals surface area contributed by atoms with E-state index in [0.717, 1.165) is 5.56 Å². The molecular formula is C20H20F2N4OS. The number of halogens is 2. The fourth-order valence-electron chi connectivity index (χ4n) is 2.70. The molecular weight excluding hydrogens is 382 g/mol. The molecule has 1 heterocycles. The van der Waals surface area contributed by atoms with Gasteiger partial charge in [-0.05, 0) is 54.9 Å². The summed E-state index contributed by atoms with van der Waals surface area (Å²) in [6, 6.07) is 13.0. The van der Waals surface area contributed by atoms with Crippen molar-refractivity contribution in [2.75, 3.05) is 10.6 Å². The third-order valence-electron chi connectivity index (χ3n) is 4.08. The molecule has 3 aromatic rings. The second kappa shape index (κ2) is 8.79. The smallest absolute Gasteiger partial charge is 0.387 e. The summed E-state index contributed by atoms with van der Waals surface area (Å²) in [6.07, 6.45) is 3.48. The lowest BCUT2D eigenvalue weighted by Crippen LogP contribution is -2.19. The molecule has 0 fully saturated rings. The summed E-state index contributed by atoms with van der Waals surface area (Å²) in [5, 5.41) is 10.5. The number of hydrogen-bond acceptors (Lipinski definition) is 3. The van der Waals surface area contributed by atoms with E-state index in [4.69, 9.17) is 12.2 Å². The minimum atomic E-state index is -2.91. The number of anilines is 2. The van der Waals surface area contributed by atoms with Gasteiger partial charge in [-0.1, -0.05) is 30.3 Å². The molecule has 0 atom stereocenters. The molecule has 8 heteroatoms. The summed E-state index contributed by atoms with van der Waals surface area (Å²) < 4.78 is 31.5. The Kier molecular flexibility index (Phi) is 6.20. The van der Waals surface area contributed by atoms with E-state index in [-0.39, 0.29) is 10.9 Å². The van der Waals surface area contributed by atoms with Crippen LogP contribution in [-0.2, 0) is 6.54 Å². The van der Waals surface area contributed by atoms with Crippen molar-refractivity contribution in [1.29, 1.82) is 0 Å². The molecule has 1 aromatic heterocycles. The van der Waals surface area contributed by atoms with Crippen LogP contribution < -0.4 is 15.4 Å². The number of aryl methyl sites for hydroxylation is 2.